The third-order valence-electron chi connectivity index (χ3n) is 2.73. The van der Waals surface area contributed by atoms with Crippen molar-refractivity contribution in [2.45, 2.75) is 18.8 Å². The lowest BCUT2D eigenvalue weighted by Crippen LogP contribution is -2.28. The van der Waals surface area contributed by atoms with Crippen molar-refractivity contribution in [3.63, 3.8) is 0 Å². The van der Waals surface area contributed by atoms with Crippen molar-refractivity contribution in [2.24, 2.45) is 0 Å². The maximum atomic E-state index is 13.0. The van der Waals surface area contributed by atoms with Crippen LogP contribution in [0.25, 0.3) is 0 Å². The molecular weight excluding hydrogens is 181 g/mol. The minimum atomic E-state index is -0.275. The van der Waals surface area contributed by atoms with Gasteiger partial charge < -0.3 is 10.4 Å². The first-order valence-corrected chi connectivity index (χ1v) is 4.96. The van der Waals surface area contributed by atoms with Gasteiger partial charge in [-0.15, -0.1) is 0 Å². The summed E-state index contributed by atoms with van der Waals surface area (Å²) in [7, 11) is 0. The Morgan fingerprint density at radius 2 is 2.29 bits per heavy atom. The highest BCUT2D eigenvalue weighted by Crippen LogP contribution is 2.30. The zero-order chi connectivity index (χ0) is 9.97. The van der Waals surface area contributed by atoms with Crippen LogP contribution >= 0.6 is 0 Å². The molecule has 1 heterocycles. The second-order valence-corrected chi connectivity index (χ2v) is 3.75. The molecule has 0 spiro atoms. The molecule has 2 nitrogen and oxygen atoms in total. The zero-order valence-corrected chi connectivity index (χ0v) is 7.96. The molecule has 0 bridgehead atoms. The van der Waals surface area contributed by atoms with Crippen molar-refractivity contribution in [2.75, 3.05) is 13.1 Å². The number of nitrogens with one attached hydrogen (secondary N) is 1. The van der Waals surface area contributed by atoms with Crippen LogP contribution < -0.4 is 5.32 Å². The van der Waals surface area contributed by atoms with Crippen molar-refractivity contribution >= 4 is 0 Å². The number of halogens is 1. The van der Waals surface area contributed by atoms with Crippen LogP contribution in [-0.2, 0) is 0 Å². The lowest BCUT2D eigenvalue weighted by molar-refractivity contribution is 0.423. The smallest absolute Gasteiger partial charge is 0.123 e. The van der Waals surface area contributed by atoms with E-state index in [1.165, 1.54) is 18.2 Å². The van der Waals surface area contributed by atoms with Gasteiger partial charge in [0.15, 0.2) is 0 Å². The molecule has 1 aromatic carbocycles. The first-order chi connectivity index (χ1) is 6.77. The van der Waals surface area contributed by atoms with Crippen LogP contribution in [0.5, 0.6) is 5.75 Å². The molecule has 0 saturated carbocycles. The molecule has 1 aromatic rings. The van der Waals surface area contributed by atoms with Gasteiger partial charge in [0.1, 0.15) is 11.6 Å². The molecule has 1 saturated heterocycles. The van der Waals surface area contributed by atoms with E-state index in [1.807, 2.05) is 0 Å². The molecule has 2 rings (SSSR count). The van der Waals surface area contributed by atoms with Crippen LogP contribution in [0.4, 0.5) is 4.39 Å². The highest BCUT2D eigenvalue weighted by molar-refractivity contribution is 5.36. The van der Waals surface area contributed by atoms with Gasteiger partial charge in [-0.1, -0.05) is 0 Å². The topological polar surface area (TPSA) is 32.3 Å². The van der Waals surface area contributed by atoms with Crippen LogP contribution in [0.15, 0.2) is 18.2 Å². The second-order valence-electron chi connectivity index (χ2n) is 3.75. The van der Waals surface area contributed by atoms with E-state index in [4.69, 9.17) is 0 Å². The van der Waals surface area contributed by atoms with Crippen molar-refractivity contribution < 1.29 is 9.50 Å². The van der Waals surface area contributed by atoms with E-state index in [2.05, 4.69) is 5.32 Å². The molecule has 3 heteroatoms. The number of hydrogen-bond acceptors (Lipinski definition) is 2. The summed E-state index contributed by atoms with van der Waals surface area (Å²) in [5, 5.41) is 12.8. The molecule has 1 aliphatic rings. The van der Waals surface area contributed by atoms with E-state index in [0.717, 1.165) is 31.5 Å². The summed E-state index contributed by atoms with van der Waals surface area (Å²) in [6, 6.07) is 4.15. The number of phenolic OH excluding ortho intramolecular Hbond substituents is 1. The third-order valence-corrected chi connectivity index (χ3v) is 2.73. The van der Waals surface area contributed by atoms with Crippen LogP contribution in [0.1, 0.15) is 24.3 Å². The maximum Gasteiger partial charge on any atom is 0.123 e. The molecule has 0 amide bonds. The molecule has 0 radical (unpaired) electrons. The minimum absolute atomic E-state index is 0.208. The molecule has 0 aromatic heterocycles. The van der Waals surface area contributed by atoms with Crippen molar-refractivity contribution in [3.8, 4) is 5.75 Å². The molecule has 1 aliphatic heterocycles. The zero-order valence-electron chi connectivity index (χ0n) is 7.96. The van der Waals surface area contributed by atoms with Gasteiger partial charge in [-0.2, -0.15) is 0 Å². The number of piperidine rings is 1. The van der Waals surface area contributed by atoms with Crippen molar-refractivity contribution in [1.82, 2.24) is 5.32 Å². The average molecular weight is 195 g/mol. The van der Waals surface area contributed by atoms with E-state index >= 15 is 0 Å². The van der Waals surface area contributed by atoms with Crippen molar-refractivity contribution in [1.29, 1.82) is 0 Å². The predicted octanol–water partition coefficient (Wildman–Crippen LogP) is 2.00. The molecule has 0 aliphatic carbocycles. The van der Waals surface area contributed by atoms with E-state index in [0.29, 0.717) is 0 Å². The van der Waals surface area contributed by atoms with E-state index in [-0.39, 0.29) is 17.5 Å². The first-order valence-electron chi connectivity index (χ1n) is 4.96. The van der Waals surface area contributed by atoms with Gasteiger partial charge in [0.2, 0.25) is 0 Å². The Morgan fingerprint density at radius 1 is 1.43 bits per heavy atom. The Morgan fingerprint density at radius 3 is 3.00 bits per heavy atom. The standard InChI is InChI=1S/C11H14FNO/c12-9-3-4-11(14)10(6-9)8-2-1-5-13-7-8/h3-4,6,8,13-14H,1-2,5,7H2. The summed E-state index contributed by atoms with van der Waals surface area (Å²) >= 11 is 0. The Balaban J connectivity index is 2.24. The summed E-state index contributed by atoms with van der Waals surface area (Å²) in [5.41, 5.74) is 0.734. The Bertz CT molecular complexity index is 321. The van der Waals surface area contributed by atoms with Gasteiger partial charge in [-0.25, -0.2) is 4.39 Å². The number of phenols is 1. The quantitative estimate of drug-likeness (QED) is 0.718. The minimum Gasteiger partial charge on any atom is -0.508 e. The fraction of sp³-hybridized carbons (Fsp3) is 0.455. The molecule has 1 atom stereocenters. The third kappa shape index (κ3) is 1.87. The molecule has 1 fully saturated rings. The normalized spacial score (nSPS) is 22.2. The first kappa shape index (κ1) is 9.46. The summed E-state index contributed by atoms with van der Waals surface area (Å²) < 4.78 is 13.0. The van der Waals surface area contributed by atoms with Gasteiger partial charge in [0, 0.05) is 18.0 Å². The number of benzene rings is 1. The van der Waals surface area contributed by atoms with E-state index in [9.17, 15) is 9.50 Å². The maximum absolute atomic E-state index is 13.0. The number of rotatable bonds is 1. The highest BCUT2D eigenvalue weighted by Gasteiger charge is 2.18. The van der Waals surface area contributed by atoms with Crippen LogP contribution in [-0.4, -0.2) is 18.2 Å². The van der Waals surface area contributed by atoms with Gasteiger partial charge in [0.25, 0.3) is 0 Å². The Kier molecular flexibility index (Phi) is 2.68. The summed E-state index contributed by atoms with van der Waals surface area (Å²) in [4.78, 5) is 0. The molecule has 14 heavy (non-hydrogen) atoms. The number of aromatic hydroxyl groups is 1. The van der Waals surface area contributed by atoms with Crippen molar-refractivity contribution in [3.05, 3.63) is 29.6 Å². The average Bonchev–Trinajstić information content (AvgIpc) is 2.23. The molecule has 76 valence electrons. The second kappa shape index (κ2) is 3.96. The van der Waals surface area contributed by atoms with Crippen LogP contribution in [0, 0.1) is 5.82 Å². The monoisotopic (exact) mass is 195 g/mol. The van der Waals surface area contributed by atoms with Gasteiger partial charge in [-0.05, 0) is 37.6 Å². The largest absolute Gasteiger partial charge is 0.508 e. The van der Waals surface area contributed by atoms with Crippen LogP contribution in [0.3, 0.4) is 0 Å². The fourth-order valence-electron chi connectivity index (χ4n) is 1.97. The summed E-state index contributed by atoms with van der Waals surface area (Å²) in [6.07, 6.45) is 2.10. The Labute approximate surface area is 82.8 Å². The van der Waals surface area contributed by atoms with Gasteiger partial charge in [-0.3, -0.25) is 0 Å². The lowest BCUT2D eigenvalue weighted by atomic mass is 9.91. The number of hydrogen-bond donors (Lipinski definition) is 2. The highest BCUT2D eigenvalue weighted by atomic mass is 19.1. The van der Waals surface area contributed by atoms with Gasteiger partial charge in [0.05, 0.1) is 0 Å². The molecule has 2 N–H and O–H groups in total. The van der Waals surface area contributed by atoms with Gasteiger partial charge >= 0.3 is 0 Å². The predicted molar refractivity (Wildman–Crippen MR) is 52.9 cm³/mol. The lowest BCUT2D eigenvalue weighted by Gasteiger charge is -2.23. The van der Waals surface area contributed by atoms with E-state index < -0.39 is 0 Å². The van der Waals surface area contributed by atoms with Crippen LogP contribution in [0.2, 0.25) is 0 Å². The summed E-state index contributed by atoms with van der Waals surface area (Å²) in [5.74, 6) is 0.183. The van der Waals surface area contributed by atoms with E-state index in [1.54, 1.807) is 0 Å². The molecular formula is C11H14FNO. The Hall–Kier alpha value is -1.09. The molecule has 1 unspecified atom stereocenters. The SMILES string of the molecule is Oc1ccc(F)cc1C1CCCNC1. The fourth-order valence-corrected chi connectivity index (χ4v) is 1.97. The summed E-state index contributed by atoms with van der Waals surface area (Å²) in [6.45, 7) is 1.85.